The van der Waals surface area contributed by atoms with E-state index in [1.165, 1.54) is 0 Å². The van der Waals surface area contributed by atoms with Crippen molar-refractivity contribution in [2.75, 3.05) is 0 Å². The van der Waals surface area contributed by atoms with Crippen LogP contribution in [0.3, 0.4) is 0 Å². The van der Waals surface area contributed by atoms with E-state index in [2.05, 4.69) is 11.5 Å². The summed E-state index contributed by atoms with van der Waals surface area (Å²) in [6.45, 7) is 7.03. The van der Waals surface area contributed by atoms with Gasteiger partial charge in [0.25, 0.3) is 5.82 Å². The average Bonchev–Trinajstić information content (AvgIpc) is 2.42. The number of hydrogen-bond donors (Lipinski definition) is 0. The molecule has 84 valence electrons. The number of carbonyl (C=O) groups excluding carboxylic acids is 1. The van der Waals surface area contributed by atoms with E-state index in [9.17, 15) is 9.90 Å². The van der Waals surface area contributed by atoms with Gasteiger partial charge in [0, 0.05) is 13.3 Å². The van der Waals surface area contributed by atoms with Gasteiger partial charge in [0.05, 0.1) is 12.5 Å². The van der Waals surface area contributed by atoms with Crippen LogP contribution in [0.25, 0.3) is 0 Å². The van der Waals surface area contributed by atoms with E-state index < -0.39 is 5.97 Å². The molecule has 0 aromatic carbocycles. The largest absolute Gasteiger partial charge is 0.546 e. The number of aryl methyl sites for hydroxylation is 1. The Morgan fingerprint density at radius 3 is 2.67 bits per heavy atom. The zero-order valence-electron chi connectivity index (χ0n) is 9.62. The van der Waals surface area contributed by atoms with Crippen molar-refractivity contribution in [1.82, 2.24) is 4.57 Å². The Morgan fingerprint density at radius 1 is 1.53 bits per heavy atom. The number of hydrogen-bond acceptors (Lipinski definition) is 2. The molecule has 0 aliphatic heterocycles. The van der Waals surface area contributed by atoms with Gasteiger partial charge in [-0.05, 0) is 6.42 Å². The Kier molecular flexibility index (Phi) is 3.88. The van der Waals surface area contributed by atoms with Crippen molar-refractivity contribution < 1.29 is 14.5 Å². The lowest BCUT2D eigenvalue weighted by molar-refractivity contribution is -0.697. The van der Waals surface area contributed by atoms with Gasteiger partial charge in [0.2, 0.25) is 0 Å². The molecular weight excluding hydrogens is 192 g/mol. The molecule has 0 unspecified atom stereocenters. The molecule has 0 atom stereocenters. The van der Waals surface area contributed by atoms with Crippen LogP contribution in [-0.4, -0.2) is 10.5 Å². The van der Waals surface area contributed by atoms with Crippen molar-refractivity contribution in [2.24, 2.45) is 0 Å². The summed E-state index contributed by atoms with van der Waals surface area (Å²) < 4.78 is 3.93. The molecule has 1 heterocycles. The second-order valence-corrected chi connectivity index (χ2v) is 3.69. The predicted octanol–water partition coefficient (Wildman–Crippen LogP) is -0.194. The third kappa shape index (κ3) is 2.58. The lowest BCUT2D eigenvalue weighted by Crippen LogP contribution is -2.45. The highest BCUT2D eigenvalue weighted by Crippen LogP contribution is 2.04. The fourth-order valence-corrected chi connectivity index (χ4v) is 1.93. The number of carboxylic acid groups (broad SMARTS) is 1. The van der Waals surface area contributed by atoms with Crippen LogP contribution in [0.2, 0.25) is 0 Å². The predicted molar refractivity (Wildman–Crippen MR) is 54.0 cm³/mol. The Morgan fingerprint density at radius 2 is 2.20 bits per heavy atom. The normalized spacial score (nSPS) is 10.6. The molecule has 0 amide bonds. The summed E-state index contributed by atoms with van der Waals surface area (Å²) in [5.41, 5.74) is 1.11. The molecule has 1 aromatic heterocycles. The van der Waals surface area contributed by atoms with Crippen LogP contribution in [0.1, 0.15) is 31.8 Å². The summed E-state index contributed by atoms with van der Waals surface area (Å²) in [5, 5.41) is 10.6. The minimum absolute atomic E-state index is 0.0548. The van der Waals surface area contributed by atoms with E-state index in [1.54, 1.807) is 4.57 Å². The van der Waals surface area contributed by atoms with Gasteiger partial charge in [-0.25, -0.2) is 9.13 Å². The molecule has 0 radical (unpaired) electrons. The second kappa shape index (κ2) is 4.96. The topological polar surface area (TPSA) is 48.9 Å². The fourth-order valence-electron chi connectivity index (χ4n) is 1.93. The van der Waals surface area contributed by atoms with Gasteiger partial charge in [-0.2, -0.15) is 0 Å². The first-order valence-corrected chi connectivity index (χ1v) is 5.38. The maximum Gasteiger partial charge on any atom is 0.256 e. The zero-order valence-corrected chi connectivity index (χ0v) is 9.62. The van der Waals surface area contributed by atoms with Crippen molar-refractivity contribution >= 4 is 5.97 Å². The van der Waals surface area contributed by atoms with Crippen LogP contribution < -0.4 is 9.67 Å². The SMILES string of the molecule is CCCn1c(C)c[n+](CC(=O)[O-])c1CC. The summed E-state index contributed by atoms with van der Waals surface area (Å²) in [7, 11) is 0. The summed E-state index contributed by atoms with van der Waals surface area (Å²) in [5.74, 6) is 0.0156. The standard InChI is InChI=1S/C11H18N2O2/c1-4-6-13-9(3)7-12(8-11(14)15)10(13)5-2/h7H,4-6,8H2,1-3H3. The molecule has 0 spiro atoms. The average molecular weight is 210 g/mol. The molecule has 4 nitrogen and oxygen atoms in total. The van der Waals surface area contributed by atoms with E-state index in [0.717, 1.165) is 30.9 Å². The number of nitrogens with zero attached hydrogens (tertiary/aromatic N) is 2. The van der Waals surface area contributed by atoms with Gasteiger partial charge in [-0.3, -0.25) is 0 Å². The highest BCUT2D eigenvalue weighted by atomic mass is 16.4. The van der Waals surface area contributed by atoms with E-state index in [-0.39, 0.29) is 6.54 Å². The number of aliphatic carboxylic acids is 1. The molecule has 1 aromatic rings. The number of imidazole rings is 1. The summed E-state index contributed by atoms with van der Waals surface area (Å²) >= 11 is 0. The van der Waals surface area contributed by atoms with Gasteiger partial charge in [-0.15, -0.1) is 0 Å². The van der Waals surface area contributed by atoms with Crippen molar-refractivity contribution in [3.05, 3.63) is 17.7 Å². The lowest BCUT2D eigenvalue weighted by Gasteiger charge is -2.03. The van der Waals surface area contributed by atoms with Gasteiger partial charge >= 0.3 is 0 Å². The first kappa shape index (κ1) is 11.8. The fraction of sp³-hybridized carbons (Fsp3) is 0.636. The quantitative estimate of drug-likeness (QED) is 0.632. The van der Waals surface area contributed by atoms with E-state index in [4.69, 9.17) is 0 Å². The number of aromatic nitrogens is 2. The zero-order chi connectivity index (χ0) is 11.4. The number of carbonyl (C=O) groups is 1. The number of rotatable bonds is 5. The molecule has 1 rings (SSSR count). The molecule has 0 N–H and O–H groups in total. The summed E-state index contributed by atoms with van der Waals surface area (Å²) in [6, 6.07) is 0. The third-order valence-electron chi connectivity index (χ3n) is 2.47. The molecule has 4 heteroatoms. The smallest absolute Gasteiger partial charge is 0.256 e. The Labute approximate surface area is 90.2 Å². The molecule has 0 saturated heterocycles. The van der Waals surface area contributed by atoms with E-state index in [0.29, 0.717) is 0 Å². The van der Waals surface area contributed by atoms with Crippen LogP contribution in [0.4, 0.5) is 0 Å². The first-order chi connectivity index (χ1) is 7.10. The molecule has 0 bridgehead atoms. The minimum atomic E-state index is -1.04. The Balaban J connectivity index is 3.06. The second-order valence-electron chi connectivity index (χ2n) is 3.69. The molecule has 0 saturated carbocycles. The highest BCUT2D eigenvalue weighted by molar-refractivity contribution is 5.62. The van der Waals surface area contributed by atoms with Gasteiger partial charge in [0.15, 0.2) is 0 Å². The summed E-state index contributed by atoms with van der Waals surface area (Å²) in [6.07, 6.45) is 3.76. The van der Waals surface area contributed by atoms with Crippen molar-refractivity contribution in [1.29, 1.82) is 0 Å². The van der Waals surface area contributed by atoms with Gasteiger partial charge in [-0.1, -0.05) is 13.8 Å². The Hall–Kier alpha value is -1.32. The van der Waals surface area contributed by atoms with E-state index in [1.807, 2.05) is 20.0 Å². The molecule has 0 fully saturated rings. The monoisotopic (exact) mass is 210 g/mol. The summed E-state index contributed by atoms with van der Waals surface area (Å²) in [4.78, 5) is 10.6. The van der Waals surface area contributed by atoms with Crippen molar-refractivity contribution in [3.8, 4) is 0 Å². The van der Waals surface area contributed by atoms with Gasteiger partial charge in [0.1, 0.15) is 18.4 Å². The van der Waals surface area contributed by atoms with Crippen LogP contribution in [0.15, 0.2) is 6.20 Å². The first-order valence-electron chi connectivity index (χ1n) is 5.38. The maximum absolute atomic E-state index is 10.6. The molecule has 0 aliphatic carbocycles. The van der Waals surface area contributed by atoms with Crippen molar-refractivity contribution in [3.63, 3.8) is 0 Å². The third-order valence-corrected chi connectivity index (χ3v) is 2.47. The lowest BCUT2D eigenvalue weighted by atomic mass is 10.4. The van der Waals surface area contributed by atoms with Crippen molar-refractivity contribution in [2.45, 2.75) is 46.7 Å². The van der Waals surface area contributed by atoms with Crippen LogP contribution in [0, 0.1) is 6.92 Å². The molecule has 15 heavy (non-hydrogen) atoms. The van der Waals surface area contributed by atoms with E-state index >= 15 is 0 Å². The van der Waals surface area contributed by atoms with Gasteiger partial charge < -0.3 is 9.90 Å². The van der Waals surface area contributed by atoms with Crippen LogP contribution in [-0.2, 0) is 24.3 Å². The Bertz CT molecular complexity index is 356. The molecule has 0 aliphatic rings. The maximum atomic E-state index is 10.6. The number of carboxylic acids is 1. The highest BCUT2D eigenvalue weighted by Gasteiger charge is 2.18. The van der Waals surface area contributed by atoms with Crippen LogP contribution in [0.5, 0.6) is 0 Å². The minimum Gasteiger partial charge on any atom is -0.546 e. The molecular formula is C11H18N2O2. The van der Waals surface area contributed by atoms with Crippen LogP contribution >= 0.6 is 0 Å².